The third-order valence-electron chi connectivity index (χ3n) is 1.61. The largest absolute Gasteiger partial charge is 0.311 e. The molecule has 0 saturated carbocycles. The van der Waals surface area contributed by atoms with Gasteiger partial charge in [0.1, 0.15) is 0 Å². The van der Waals surface area contributed by atoms with Crippen molar-refractivity contribution < 1.29 is 11.3 Å². The van der Waals surface area contributed by atoms with Crippen molar-refractivity contribution in [3.63, 3.8) is 0 Å². The molecule has 103 valence electrons. The molecule has 0 aliphatic heterocycles. The summed E-state index contributed by atoms with van der Waals surface area (Å²) in [5.41, 5.74) is -0.167. The van der Waals surface area contributed by atoms with E-state index < -0.39 is 0 Å². The minimum atomic E-state index is -0.167. The van der Waals surface area contributed by atoms with Crippen LogP contribution in [0.1, 0.15) is 20.8 Å². The number of benzene rings is 1. The molecule has 0 spiro atoms. The van der Waals surface area contributed by atoms with Gasteiger partial charge in [0.2, 0.25) is 5.54 Å². The van der Waals surface area contributed by atoms with Gasteiger partial charge in [-0.3, -0.25) is 0 Å². The fourth-order valence-electron chi connectivity index (χ4n) is 0.726. The summed E-state index contributed by atoms with van der Waals surface area (Å²) in [5, 5.41) is 1.48. The molecule has 0 amide bonds. The zero-order valence-corrected chi connectivity index (χ0v) is 16.7. The summed E-state index contributed by atoms with van der Waals surface area (Å²) >= 11 is 6.88. The molecule has 1 rings (SSSR count). The second-order valence-corrected chi connectivity index (χ2v) is 12.8. The Morgan fingerprint density at radius 3 is 1.61 bits per heavy atom. The summed E-state index contributed by atoms with van der Waals surface area (Å²) in [7, 11) is 0.104. The molecule has 5 heteroatoms. The Hall–Kier alpha value is 0.619. The number of halogens is 2. The maximum atomic E-state index is 6.48. The molecule has 18 heavy (non-hydrogen) atoms. The SMILES string of the molecule is CP(C)c1ccccc1.[Br][Mn][Br].[C-]#[N+]C(C)(C)C. The van der Waals surface area contributed by atoms with Crippen molar-refractivity contribution in [3.05, 3.63) is 41.7 Å². The first-order valence-corrected chi connectivity index (χ1v) is 13.3. The first kappa shape index (κ1) is 20.9. The van der Waals surface area contributed by atoms with Gasteiger partial charge in [0.05, 0.1) is 0 Å². The Kier molecular flexibility index (Phi) is 14.7. The van der Waals surface area contributed by atoms with Gasteiger partial charge in [0, 0.05) is 20.8 Å². The summed E-state index contributed by atoms with van der Waals surface area (Å²) < 4.78 is 0. The normalized spacial score (nSPS) is 9.50. The van der Waals surface area contributed by atoms with Crippen molar-refractivity contribution in [2.24, 2.45) is 0 Å². The van der Waals surface area contributed by atoms with Gasteiger partial charge in [-0.15, -0.1) is 0 Å². The monoisotopic (exact) mass is 434 g/mol. The van der Waals surface area contributed by atoms with Gasteiger partial charge in [-0.05, 0) is 18.6 Å². The van der Waals surface area contributed by atoms with Crippen molar-refractivity contribution in [1.82, 2.24) is 0 Å². The number of hydrogen-bond acceptors (Lipinski definition) is 0. The smallest absolute Gasteiger partial charge is 0.224 e. The van der Waals surface area contributed by atoms with E-state index in [2.05, 4.69) is 76.7 Å². The van der Waals surface area contributed by atoms with E-state index in [1.165, 1.54) is 5.30 Å². The summed E-state index contributed by atoms with van der Waals surface area (Å²) in [5.74, 6) is 0. The minimum Gasteiger partial charge on any atom is -0.311 e. The molecule has 0 saturated heterocycles. The van der Waals surface area contributed by atoms with Crippen LogP contribution in [0.5, 0.6) is 0 Å². The molecule has 0 heterocycles. The molecule has 0 atom stereocenters. The summed E-state index contributed by atoms with van der Waals surface area (Å²) in [6.07, 6.45) is 0. The first-order chi connectivity index (χ1) is 8.28. The molecule has 0 radical (unpaired) electrons. The van der Waals surface area contributed by atoms with Crippen molar-refractivity contribution in [3.8, 4) is 0 Å². The zero-order chi connectivity index (χ0) is 14.6. The third kappa shape index (κ3) is 16.6. The Balaban J connectivity index is 0. The quantitative estimate of drug-likeness (QED) is 0.314. The second-order valence-electron chi connectivity index (χ2n) is 4.57. The van der Waals surface area contributed by atoms with Gasteiger partial charge in [-0.25, -0.2) is 6.57 Å². The van der Waals surface area contributed by atoms with Crippen molar-refractivity contribution in [2.45, 2.75) is 26.3 Å². The van der Waals surface area contributed by atoms with Crippen molar-refractivity contribution in [1.29, 1.82) is 0 Å². The summed E-state index contributed by atoms with van der Waals surface area (Å²) in [6, 6.07) is 10.6. The fraction of sp³-hybridized carbons (Fsp3) is 0.462. The summed E-state index contributed by atoms with van der Waals surface area (Å²) in [4.78, 5) is 3.27. The second kappa shape index (κ2) is 12.6. The fourth-order valence-corrected chi connectivity index (χ4v) is 1.49. The van der Waals surface area contributed by atoms with Gasteiger partial charge in [-0.2, -0.15) is 0 Å². The molecule has 0 bridgehead atoms. The number of nitrogens with zero attached hydrogens (tertiary/aromatic N) is 1. The molecule has 1 aromatic rings. The predicted octanol–water partition coefficient (Wildman–Crippen LogP) is 5.45. The molecule has 1 aromatic carbocycles. The van der Waals surface area contributed by atoms with Gasteiger partial charge >= 0.3 is 39.6 Å². The zero-order valence-electron chi connectivity index (χ0n) is 11.4. The molecular weight excluding hydrogens is 416 g/mol. The van der Waals surface area contributed by atoms with Gasteiger partial charge in [0.25, 0.3) is 0 Å². The van der Waals surface area contributed by atoms with Crippen LogP contribution >= 0.6 is 36.1 Å². The predicted molar refractivity (Wildman–Crippen MR) is 89.1 cm³/mol. The molecule has 0 unspecified atom stereocenters. The molecule has 1 nitrogen and oxygen atoms in total. The average molecular weight is 436 g/mol. The van der Waals surface area contributed by atoms with Crippen LogP contribution in [0.25, 0.3) is 4.85 Å². The Bertz CT molecular complexity index is 331. The average Bonchev–Trinajstić information content (AvgIpc) is 2.31. The van der Waals surface area contributed by atoms with E-state index in [1.54, 1.807) is 0 Å². The number of rotatable bonds is 1. The van der Waals surface area contributed by atoms with E-state index in [-0.39, 0.29) is 13.5 Å². The van der Waals surface area contributed by atoms with E-state index in [0.29, 0.717) is 11.3 Å². The van der Waals surface area contributed by atoms with Gasteiger partial charge in [0.15, 0.2) is 0 Å². The standard InChI is InChI=1S/C8H11P.C5H9N.2BrH.Mn/c1-9(2)8-6-4-3-5-7-8;1-5(2,3)6-4;;;/h3-7H,1-2H3;1-3H3;2*1H;/q;;;;+2/p-2. The Labute approximate surface area is 133 Å². The molecule has 0 N–H and O–H groups in total. The van der Waals surface area contributed by atoms with Crippen LogP contribution in [0.3, 0.4) is 0 Å². The van der Waals surface area contributed by atoms with Crippen LogP contribution in [0.15, 0.2) is 30.3 Å². The minimum absolute atomic E-state index is 0.104. The van der Waals surface area contributed by atoms with Gasteiger partial charge < -0.3 is 4.85 Å². The summed E-state index contributed by atoms with van der Waals surface area (Å²) in [6.45, 7) is 16.7. The van der Waals surface area contributed by atoms with Crippen LogP contribution in [0.2, 0.25) is 0 Å². The maximum absolute atomic E-state index is 6.48. The van der Waals surface area contributed by atoms with Crippen molar-refractivity contribution in [2.75, 3.05) is 13.3 Å². The molecule has 0 fully saturated rings. The van der Waals surface area contributed by atoms with Gasteiger partial charge in [-0.1, -0.05) is 38.3 Å². The van der Waals surface area contributed by atoms with Crippen molar-refractivity contribution >= 4 is 41.4 Å². The van der Waals surface area contributed by atoms with E-state index in [9.17, 15) is 0 Å². The topological polar surface area (TPSA) is 4.36 Å². The van der Waals surface area contributed by atoms with Crippen LogP contribution in [-0.4, -0.2) is 18.9 Å². The van der Waals surface area contributed by atoms with Crippen LogP contribution in [0.4, 0.5) is 0 Å². The van der Waals surface area contributed by atoms with E-state index in [1.807, 2.05) is 20.8 Å². The third-order valence-corrected chi connectivity index (χ3v) is 2.94. The van der Waals surface area contributed by atoms with E-state index >= 15 is 0 Å². The van der Waals surface area contributed by atoms with Crippen LogP contribution in [0, 0.1) is 6.57 Å². The molecular formula is C13H20Br2MnNP. The van der Waals surface area contributed by atoms with Crippen LogP contribution < -0.4 is 5.30 Å². The molecule has 0 aliphatic carbocycles. The van der Waals surface area contributed by atoms with Crippen LogP contribution in [-0.2, 0) is 11.3 Å². The first-order valence-electron chi connectivity index (χ1n) is 5.26. The maximum Gasteiger partial charge on any atom is 0.224 e. The molecule has 0 aromatic heterocycles. The molecule has 0 aliphatic rings. The Morgan fingerprint density at radius 1 is 1.11 bits per heavy atom. The Morgan fingerprint density at radius 2 is 1.44 bits per heavy atom. The van der Waals surface area contributed by atoms with E-state index in [0.717, 1.165) is 0 Å². The number of hydrogen-bond donors (Lipinski definition) is 0. The van der Waals surface area contributed by atoms with E-state index in [4.69, 9.17) is 6.57 Å².